The molecule has 31 heavy (non-hydrogen) atoms. The first-order valence-corrected chi connectivity index (χ1v) is 12.0. The SMILES string of the molecule is CC(C)CNC(=O)C1CCCN(C(=O)c2cccc(NS(=O)(=O)c3ccccc3)c2)C1. The zero-order valence-corrected chi connectivity index (χ0v) is 18.7. The molecule has 1 saturated heterocycles. The van der Waals surface area contributed by atoms with E-state index in [1.807, 2.05) is 13.8 Å². The van der Waals surface area contributed by atoms with Crippen LogP contribution in [0.2, 0.25) is 0 Å². The van der Waals surface area contributed by atoms with Crippen LogP contribution < -0.4 is 10.0 Å². The summed E-state index contributed by atoms with van der Waals surface area (Å²) in [7, 11) is -3.74. The van der Waals surface area contributed by atoms with E-state index in [9.17, 15) is 18.0 Å². The minimum Gasteiger partial charge on any atom is -0.356 e. The van der Waals surface area contributed by atoms with Crippen LogP contribution in [0.15, 0.2) is 59.5 Å². The fraction of sp³-hybridized carbons (Fsp3) is 0.391. The number of anilines is 1. The molecule has 1 heterocycles. The molecular weight excluding hydrogens is 414 g/mol. The Bertz CT molecular complexity index is 1020. The Morgan fingerprint density at radius 1 is 1.10 bits per heavy atom. The molecular formula is C23H29N3O4S. The lowest BCUT2D eigenvalue weighted by Gasteiger charge is -2.32. The molecule has 0 aromatic heterocycles. The van der Waals surface area contributed by atoms with Crippen LogP contribution in [0, 0.1) is 11.8 Å². The van der Waals surface area contributed by atoms with E-state index in [2.05, 4.69) is 10.0 Å². The number of nitrogens with zero attached hydrogens (tertiary/aromatic N) is 1. The van der Waals surface area contributed by atoms with Gasteiger partial charge in [-0.15, -0.1) is 0 Å². The van der Waals surface area contributed by atoms with Gasteiger partial charge in [-0.1, -0.05) is 38.1 Å². The maximum absolute atomic E-state index is 13.0. The lowest BCUT2D eigenvalue weighted by atomic mass is 9.96. The molecule has 7 nitrogen and oxygen atoms in total. The number of nitrogens with one attached hydrogen (secondary N) is 2. The van der Waals surface area contributed by atoms with Gasteiger partial charge in [-0.05, 0) is 49.1 Å². The molecule has 0 spiro atoms. The Kier molecular flexibility index (Phi) is 7.33. The van der Waals surface area contributed by atoms with Crippen molar-refractivity contribution in [3.8, 4) is 0 Å². The average molecular weight is 444 g/mol. The molecule has 1 unspecified atom stereocenters. The van der Waals surface area contributed by atoms with E-state index in [4.69, 9.17) is 0 Å². The summed E-state index contributed by atoms with van der Waals surface area (Å²) in [6.45, 7) is 5.63. The topological polar surface area (TPSA) is 95.6 Å². The van der Waals surface area contributed by atoms with Crippen molar-refractivity contribution in [2.45, 2.75) is 31.6 Å². The summed E-state index contributed by atoms with van der Waals surface area (Å²) in [5, 5.41) is 2.95. The smallest absolute Gasteiger partial charge is 0.261 e. The maximum Gasteiger partial charge on any atom is 0.261 e. The molecule has 2 N–H and O–H groups in total. The minimum atomic E-state index is -3.74. The van der Waals surface area contributed by atoms with Crippen LogP contribution >= 0.6 is 0 Å². The number of amides is 2. The highest BCUT2D eigenvalue weighted by Gasteiger charge is 2.29. The predicted octanol–water partition coefficient (Wildman–Crippen LogP) is 3.11. The van der Waals surface area contributed by atoms with Gasteiger partial charge >= 0.3 is 0 Å². The number of benzene rings is 2. The molecule has 1 aliphatic rings. The number of carbonyl (C=O) groups is 2. The summed E-state index contributed by atoms with van der Waals surface area (Å²) in [6.07, 6.45) is 1.51. The van der Waals surface area contributed by atoms with Crippen molar-refractivity contribution < 1.29 is 18.0 Å². The summed E-state index contributed by atoms with van der Waals surface area (Å²) in [6, 6.07) is 14.5. The number of sulfonamides is 1. The molecule has 3 rings (SSSR count). The van der Waals surface area contributed by atoms with Crippen molar-refractivity contribution >= 4 is 27.5 Å². The van der Waals surface area contributed by atoms with Gasteiger partial charge in [0.25, 0.3) is 15.9 Å². The van der Waals surface area contributed by atoms with E-state index in [0.717, 1.165) is 12.8 Å². The number of hydrogen-bond donors (Lipinski definition) is 2. The molecule has 0 radical (unpaired) electrons. The monoisotopic (exact) mass is 443 g/mol. The van der Waals surface area contributed by atoms with Crippen molar-refractivity contribution in [1.29, 1.82) is 0 Å². The average Bonchev–Trinajstić information content (AvgIpc) is 2.77. The third kappa shape index (κ3) is 6.07. The van der Waals surface area contributed by atoms with Crippen LogP contribution in [-0.2, 0) is 14.8 Å². The lowest BCUT2D eigenvalue weighted by Crippen LogP contribution is -2.46. The van der Waals surface area contributed by atoms with Gasteiger partial charge in [0.05, 0.1) is 10.8 Å². The van der Waals surface area contributed by atoms with Gasteiger partial charge in [0.1, 0.15) is 0 Å². The third-order valence-electron chi connectivity index (χ3n) is 5.18. The van der Waals surface area contributed by atoms with Crippen molar-refractivity contribution in [3.63, 3.8) is 0 Å². The quantitative estimate of drug-likeness (QED) is 0.687. The number of piperidine rings is 1. The Balaban J connectivity index is 1.69. The van der Waals surface area contributed by atoms with Crippen LogP contribution in [0.5, 0.6) is 0 Å². The van der Waals surface area contributed by atoms with Gasteiger partial charge in [0, 0.05) is 30.9 Å². The van der Waals surface area contributed by atoms with Crippen LogP contribution in [0.1, 0.15) is 37.0 Å². The van der Waals surface area contributed by atoms with Crippen LogP contribution in [-0.4, -0.2) is 44.8 Å². The van der Waals surface area contributed by atoms with E-state index in [1.54, 1.807) is 41.3 Å². The Hall–Kier alpha value is -2.87. The number of hydrogen-bond acceptors (Lipinski definition) is 4. The normalized spacial score (nSPS) is 16.7. The molecule has 8 heteroatoms. The molecule has 166 valence electrons. The number of rotatable bonds is 7. The second-order valence-electron chi connectivity index (χ2n) is 8.23. The second kappa shape index (κ2) is 9.96. The molecule has 1 aliphatic heterocycles. The van der Waals surface area contributed by atoms with Crippen LogP contribution in [0.4, 0.5) is 5.69 Å². The maximum atomic E-state index is 13.0. The van der Waals surface area contributed by atoms with Crippen molar-refractivity contribution in [1.82, 2.24) is 10.2 Å². The van der Waals surface area contributed by atoms with Crippen molar-refractivity contribution in [3.05, 3.63) is 60.2 Å². The van der Waals surface area contributed by atoms with Gasteiger partial charge in [-0.25, -0.2) is 8.42 Å². The molecule has 2 amide bonds. The van der Waals surface area contributed by atoms with E-state index >= 15 is 0 Å². The molecule has 0 bridgehead atoms. The van der Waals surface area contributed by atoms with E-state index in [-0.39, 0.29) is 22.6 Å². The molecule has 0 saturated carbocycles. The first kappa shape index (κ1) is 22.8. The fourth-order valence-corrected chi connectivity index (χ4v) is 4.61. The van der Waals surface area contributed by atoms with Crippen molar-refractivity contribution in [2.75, 3.05) is 24.4 Å². The standard InChI is InChI=1S/C23H29N3O4S/c1-17(2)15-24-22(27)19-9-7-13-26(16-19)23(28)18-8-6-10-20(14-18)25-31(29,30)21-11-4-3-5-12-21/h3-6,8,10-12,14,17,19,25H,7,9,13,15-16H2,1-2H3,(H,24,27). The summed E-state index contributed by atoms with van der Waals surface area (Å²) in [4.78, 5) is 27.3. The summed E-state index contributed by atoms with van der Waals surface area (Å²) >= 11 is 0. The summed E-state index contributed by atoms with van der Waals surface area (Å²) in [5.74, 6) is -0.0819. The molecule has 2 aromatic carbocycles. The fourth-order valence-electron chi connectivity index (χ4n) is 3.54. The zero-order chi connectivity index (χ0) is 22.4. The number of carbonyl (C=O) groups excluding carboxylic acids is 2. The third-order valence-corrected chi connectivity index (χ3v) is 6.58. The highest BCUT2D eigenvalue weighted by atomic mass is 32.2. The van der Waals surface area contributed by atoms with Gasteiger partial charge in [-0.3, -0.25) is 14.3 Å². The highest BCUT2D eigenvalue weighted by molar-refractivity contribution is 7.92. The molecule has 0 aliphatic carbocycles. The summed E-state index contributed by atoms with van der Waals surface area (Å²) < 4.78 is 27.6. The summed E-state index contributed by atoms with van der Waals surface area (Å²) in [5.41, 5.74) is 0.703. The zero-order valence-electron chi connectivity index (χ0n) is 17.9. The highest BCUT2D eigenvalue weighted by Crippen LogP contribution is 2.22. The van der Waals surface area contributed by atoms with E-state index in [0.29, 0.717) is 36.8 Å². The van der Waals surface area contributed by atoms with Gasteiger partial charge < -0.3 is 10.2 Å². The lowest BCUT2D eigenvalue weighted by molar-refractivity contribution is -0.126. The van der Waals surface area contributed by atoms with Gasteiger partial charge in [0.15, 0.2) is 0 Å². The van der Waals surface area contributed by atoms with E-state index in [1.165, 1.54) is 18.2 Å². The molecule has 1 fully saturated rings. The molecule has 2 aromatic rings. The minimum absolute atomic E-state index is 0.0180. The van der Waals surface area contributed by atoms with Crippen LogP contribution in [0.3, 0.4) is 0 Å². The van der Waals surface area contributed by atoms with Gasteiger partial charge in [0.2, 0.25) is 5.91 Å². The van der Waals surface area contributed by atoms with Crippen molar-refractivity contribution in [2.24, 2.45) is 11.8 Å². The Morgan fingerprint density at radius 2 is 1.84 bits per heavy atom. The van der Waals surface area contributed by atoms with Crippen LogP contribution in [0.25, 0.3) is 0 Å². The first-order valence-electron chi connectivity index (χ1n) is 10.5. The predicted molar refractivity (Wildman–Crippen MR) is 120 cm³/mol. The second-order valence-corrected chi connectivity index (χ2v) is 9.91. The Morgan fingerprint density at radius 3 is 2.55 bits per heavy atom. The largest absolute Gasteiger partial charge is 0.356 e. The van der Waals surface area contributed by atoms with Gasteiger partial charge in [-0.2, -0.15) is 0 Å². The first-order chi connectivity index (χ1) is 14.8. The Labute approximate surface area is 183 Å². The van der Waals surface area contributed by atoms with E-state index < -0.39 is 10.0 Å². The number of likely N-dealkylation sites (tertiary alicyclic amines) is 1. The molecule has 1 atom stereocenters.